The number of benzene rings is 2. The maximum Gasteiger partial charge on any atom is 0.253 e. The quantitative estimate of drug-likeness (QED) is 0.776. The molecule has 1 amide bonds. The molecule has 1 fully saturated rings. The van der Waals surface area contributed by atoms with Crippen molar-refractivity contribution in [1.29, 1.82) is 0 Å². The highest BCUT2D eigenvalue weighted by atomic mass is 35.5. The normalized spacial score (nSPS) is 19.0. The maximum absolute atomic E-state index is 12.2. The summed E-state index contributed by atoms with van der Waals surface area (Å²) >= 11 is 0. The molecule has 0 bridgehead atoms. The molecule has 0 unspecified atom stereocenters. The largest absolute Gasteiger partial charge is 0.364 e. The average Bonchev–Trinajstić information content (AvgIpc) is 3.13. The lowest BCUT2D eigenvalue weighted by atomic mass is 10.0. The fourth-order valence-electron chi connectivity index (χ4n) is 3.19. The van der Waals surface area contributed by atoms with Gasteiger partial charge in [-0.2, -0.15) is 0 Å². The summed E-state index contributed by atoms with van der Waals surface area (Å²) < 4.78 is 5.63. The SMILES string of the molecule is Cl.NC[C@H]1CC[C@@H](C(=O)Nc2ccc(CCCc3ccccc3)cc2)O1. The van der Waals surface area contributed by atoms with Crippen molar-refractivity contribution < 1.29 is 9.53 Å². The van der Waals surface area contributed by atoms with Gasteiger partial charge >= 0.3 is 0 Å². The second-order valence-corrected chi connectivity index (χ2v) is 6.59. The number of aryl methyl sites for hydroxylation is 2. The molecule has 3 N–H and O–H groups in total. The van der Waals surface area contributed by atoms with Crippen LogP contribution in [0.1, 0.15) is 30.4 Å². The van der Waals surface area contributed by atoms with Crippen molar-refractivity contribution in [2.45, 2.75) is 44.3 Å². The minimum atomic E-state index is -0.376. The Bertz CT molecular complexity index is 676. The van der Waals surface area contributed by atoms with Gasteiger partial charge in [-0.1, -0.05) is 42.5 Å². The van der Waals surface area contributed by atoms with E-state index in [1.165, 1.54) is 11.1 Å². The Hall–Kier alpha value is -1.88. The number of nitrogens with one attached hydrogen (secondary N) is 1. The van der Waals surface area contributed by atoms with Crippen LogP contribution in [0.2, 0.25) is 0 Å². The summed E-state index contributed by atoms with van der Waals surface area (Å²) in [6.07, 6.45) is 4.47. The van der Waals surface area contributed by atoms with Crippen LogP contribution in [0.15, 0.2) is 54.6 Å². The molecule has 2 aromatic rings. The number of hydrogen-bond donors (Lipinski definition) is 2. The van der Waals surface area contributed by atoms with E-state index >= 15 is 0 Å². The monoisotopic (exact) mass is 374 g/mol. The third kappa shape index (κ3) is 5.84. The van der Waals surface area contributed by atoms with Gasteiger partial charge in [0.25, 0.3) is 5.91 Å². The van der Waals surface area contributed by atoms with Gasteiger partial charge in [0.05, 0.1) is 6.10 Å². The van der Waals surface area contributed by atoms with E-state index in [1.807, 2.05) is 18.2 Å². The van der Waals surface area contributed by atoms with Crippen molar-refractivity contribution in [2.24, 2.45) is 5.73 Å². The number of carbonyl (C=O) groups is 1. The first-order chi connectivity index (χ1) is 12.2. The first-order valence-corrected chi connectivity index (χ1v) is 9.04. The maximum atomic E-state index is 12.2. The summed E-state index contributed by atoms with van der Waals surface area (Å²) in [7, 11) is 0. The Morgan fingerprint density at radius 3 is 2.27 bits per heavy atom. The summed E-state index contributed by atoms with van der Waals surface area (Å²) in [6.45, 7) is 0.474. The Labute approximate surface area is 161 Å². The molecule has 0 aromatic heterocycles. The lowest BCUT2D eigenvalue weighted by Gasteiger charge is -2.13. The van der Waals surface area contributed by atoms with Crippen LogP contribution in [0, 0.1) is 0 Å². The van der Waals surface area contributed by atoms with Gasteiger partial charge in [0.2, 0.25) is 0 Å². The molecule has 2 aromatic carbocycles. The summed E-state index contributed by atoms with van der Waals surface area (Å²) in [5.74, 6) is -0.0761. The summed E-state index contributed by atoms with van der Waals surface area (Å²) in [4.78, 5) is 12.2. The third-order valence-electron chi connectivity index (χ3n) is 4.66. The molecule has 5 heteroatoms. The zero-order chi connectivity index (χ0) is 17.5. The molecule has 0 radical (unpaired) electrons. The first kappa shape index (κ1) is 20.4. The molecular weight excluding hydrogens is 348 g/mol. The van der Waals surface area contributed by atoms with Gasteiger partial charge in [-0.05, 0) is 55.4 Å². The van der Waals surface area contributed by atoms with Crippen LogP contribution in [-0.4, -0.2) is 24.7 Å². The minimum absolute atomic E-state index is 0. The van der Waals surface area contributed by atoms with E-state index in [9.17, 15) is 4.79 Å². The molecule has 140 valence electrons. The van der Waals surface area contributed by atoms with Crippen LogP contribution < -0.4 is 11.1 Å². The van der Waals surface area contributed by atoms with Crippen LogP contribution in [-0.2, 0) is 22.4 Å². The van der Waals surface area contributed by atoms with Gasteiger partial charge in [0.15, 0.2) is 0 Å². The minimum Gasteiger partial charge on any atom is -0.364 e. The number of ether oxygens (including phenoxy) is 1. The van der Waals surface area contributed by atoms with Gasteiger partial charge in [-0.25, -0.2) is 0 Å². The van der Waals surface area contributed by atoms with Crippen molar-refractivity contribution in [3.8, 4) is 0 Å². The lowest BCUT2D eigenvalue weighted by Crippen LogP contribution is -2.29. The third-order valence-corrected chi connectivity index (χ3v) is 4.66. The number of hydrogen-bond acceptors (Lipinski definition) is 3. The van der Waals surface area contributed by atoms with E-state index in [0.717, 1.165) is 37.8 Å². The van der Waals surface area contributed by atoms with Crippen molar-refractivity contribution in [1.82, 2.24) is 0 Å². The highest BCUT2D eigenvalue weighted by Gasteiger charge is 2.29. The standard InChI is InChI=1S/C21H26N2O2.ClH/c22-15-19-13-14-20(25-19)21(24)23-18-11-9-17(10-12-18)8-4-7-16-5-2-1-3-6-16;/h1-3,5-6,9-12,19-20H,4,7-8,13-15,22H2,(H,23,24);1H/t19-,20+;/m1./s1. The van der Waals surface area contributed by atoms with Gasteiger partial charge in [0.1, 0.15) is 6.10 Å². The van der Waals surface area contributed by atoms with E-state index in [-0.39, 0.29) is 30.5 Å². The molecule has 1 heterocycles. The van der Waals surface area contributed by atoms with Gasteiger partial charge in [-0.15, -0.1) is 12.4 Å². The zero-order valence-corrected chi connectivity index (χ0v) is 15.7. The van der Waals surface area contributed by atoms with Crippen molar-refractivity contribution >= 4 is 24.0 Å². The predicted octanol–water partition coefficient (Wildman–Crippen LogP) is 3.73. The topological polar surface area (TPSA) is 64.4 Å². The Morgan fingerprint density at radius 1 is 1.00 bits per heavy atom. The molecule has 2 atom stereocenters. The molecule has 1 aliphatic heterocycles. The van der Waals surface area contributed by atoms with E-state index in [0.29, 0.717) is 6.54 Å². The number of rotatable bonds is 7. The van der Waals surface area contributed by atoms with E-state index in [4.69, 9.17) is 10.5 Å². The van der Waals surface area contributed by atoms with Gasteiger partial charge in [-0.3, -0.25) is 4.79 Å². The molecule has 0 saturated carbocycles. The van der Waals surface area contributed by atoms with Crippen LogP contribution in [0.3, 0.4) is 0 Å². The molecule has 26 heavy (non-hydrogen) atoms. The number of amides is 1. The molecule has 4 nitrogen and oxygen atoms in total. The Morgan fingerprint density at radius 2 is 1.65 bits per heavy atom. The predicted molar refractivity (Wildman–Crippen MR) is 108 cm³/mol. The van der Waals surface area contributed by atoms with Gasteiger partial charge in [0, 0.05) is 12.2 Å². The number of carbonyl (C=O) groups excluding carboxylic acids is 1. The Balaban J connectivity index is 0.00000243. The van der Waals surface area contributed by atoms with E-state index in [2.05, 4.69) is 41.7 Å². The molecule has 0 aliphatic carbocycles. The van der Waals surface area contributed by atoms with Crippen molar-refractivity contribution in [2.75, 3.05) is 11.9 Å². The molecule has 0 spiro atoms. The number of halogens is 1. The van der Waals surface area contributed by atoms with Crippen molar-refractivity contribution in [3.05, 3.63) is 65.7 Å². The smallest absolute Gasteiger partial charge is 0.253 e. The molecule has 3 rings (SSSR count). The second-order valence-electron chi connectivity index (χ2n) is 6.59. The van der Waals surface area contributed by atoms with Gasteiger partial charge < -0.3 is 15.8 Å². The number of nitrogens with two attached hydrogens (primary N) is 1. The lowest BCUT2D eigenvalue weighted by molar-refractivity contribution is -0.126. The first-order valence-electron chi connectivity index (χ1n) is 9.04. The van der Waals surface area contributed by atoms with E-state index in [1.54, 1.807) is 0 Å². The Kier molecular flexibility index (Phi) is 8.10. The average molecular weight is 375 g/mol. The summed E-state index contributed by atoms with van der Waals surface area (Å²) in [5.41, 5.74) is 9.06. The zero-order valence-electron chi connectivity index (χ0n) is 14.9. The van der Waals surface area contributed by atoms with Crippen LogP contribution in [0.5, 0.6) is 0 Å². The van der Waals surface area contributed by atoms with Crippen LogP contribution in [0.25, 0.3) is 0 Å². The van der Waals surface area contributed by atoms with Crippen molar-refractivity contribution in [3.63, 3.8) is 0 Å². The fourth-order valence-corrected chi connectivity index (χ4v) is 3.19. The second kappa shape index (κ2) is 10.3. The van der Waals surface area contributed by atoms with Crippen LogP contribution in [0.4, 0.5) is 5.69 Å². The summed E-state index contributed by atoms with van der Waals surface area (Å²) in [5, 5.41) is 2.93. The van der Waals surface area contributed by atoms with Crippen LogP contribution >= 0.6 is 12.4 Å². The number of anilines is 1. The molecule has 1 aliphatic rings. The fraction of sp³-hybridized carbons (Fsp3) is 0.381. The highest BCUT2D eigenvalue weighted by Crippen LogP contribution is 2.21. The molecular formula is C21H27ClN2O2. The highest BCUT2D eigenvalue weighted by molar-refractivity contribution is 5.94. The van der Waals surface area contributed by atoms with E-state index < -0.39 is 0 Å². The molecule has 1 saturated heterocycles. The summed E-state index contributed by atoms with van der Waals surface area (Å²) in [6, 6.07) is 18.6.